The molecule has 0 heterocycles. The van der Waals surface area contributed by atoms with Gasteiger partial charge in [-0.2, -0.15) is 0 Å². The molecule has 0 rings (SSSR count). The van der Waals surface area contributed by atoms with Crippen molar-refractivity contribution in [2.75, 3.05) is 19.7 Å². The van der Waals surface area contributed by atoms with E-state index in [1.54, 1.807) is 0 Å². The Balaban J connectivity index is 3.95. The van der Waals surface area contributed by atoms with Crippen LogP contribution >= 0.6 is 0 Å². The molecule has 0 spiro atoms. The Morgan fingerprint density at radius 2 is 2.21 bits per heavy atom. The van der Waals surface area contributed by atoms with E-state index in [-0.39, 0.29) is 25.0 Å². The first kappa shape index (κ1) is 13.4. The van der Waals surface area contributed by atoms with Crippen LogP contribution in [0.4, 0.5) is 0 Å². The van der Waals surface area contributed by atoms with E-state index < -0.39 is 5.60 Å². The second kappa shape index (κ2) is 5.95. The number of hydrogen-bond acceptors (Lipinski definition) is 4. The lowest BCUT2D eigenvalue weighted by Gasteiger charge is -2.22. The average Bonchev–Trinajstić information content (AvgIpc) is 2.17. The van der Waals surface area contributed by atoms with Crippen LogP contribution in [-0.2, 0) is 4.79 Å². The SMILES string of the molecule is CCC(CN)C(=O)NCC(C)(O)CO. The van der Waals surface area contributed by atoms with E-state index in [1.807, 2.05) is 6.92 Å². The van der Waals surface area contributed by atoms with E-state index in [1.165, 1.54) is 6.92 Å². The van der Waals surface area contributed by atoms with Crippen LogP contribution in [0.3, 0.4) is 0 Å². The highest BCUT2D eigenvalue weighted by molar-refractivity contribution is 5.78. The predicted molar refractivity (Wildman–Crippen MR) is 53.6 cm³/mol. The number of rotatable bonds is 6. The van der Waals surface area contributed by atoms with Gasteiger partial charge in [-0.1, -0.05) is 6.92 Å². The first-order valence-electron chi connectivity index (χ1n) is 4.78. The van der Waals surface area contributed by atoms with Crippen molar-refractivity contribution in [3.8, 4) is 0 Å². The molecule has 0 bridgehead atoms. The number of carbonyl (C=O) groups is 1. The topological polar surface area (TPSA) is 95.6 Å². The van der Waals surface area contributed by atoms with Crippen LogP contribution in [-0.4, -0.2) is 41.4 Å². The Kier molecular flexibility index (Phi) is 5.68. The minimum Gasteiger partial charge on any atom is -0.393 e. The number of aliphatic hydroxyl groups excluding tert-OH is 1. The van der Waals surface area contributed by atoms with Gasteiger partial charge in [-0.05, 0) is 13.3 Å². The largest absolute Gasteiger partial charge is 0.393 e. The van der Waals surface area contributed by atoms with Crippen LogP contribution in [0.5, 0.6) is 0 Å². The molecule has 0 aromatic rings. The van der Waals surface area contributed by atoms with Gasteiger partial charge in [0.15, 0.2) is 0 Å². The van der Waals surface area contributed by atoms with Crippen molar-refractivity contribution in [3.05, 3.63) is 0 Å². The van der Waals surface area contributed by atoms with Gasteiger partial charge in [-0.25, -0.2) is 0 Å². The zero-order valence-corrected chi connectivity index (χ0v) is 8.79. The summed E-state index contributed by atoms with van der Waals surface area (Å²) in [4.78, 5) is 11.4. The van der Waals surface area contributed by atoms with Gasteiger partial charge in [0.2, 0.25) is 5.91 Å². The van der Waals surface area contributed by atoms with Gasteiger partial charge < -0.3 is 21.3 Å². The number of amides is 1. The summed E-state index contributed by atoms with van der Waals surface area (Å²) in [5.74, 6) is -0.395. The van der Waals surface area contributed by atoms with Crippen LogP contribution in [0.15, 0.2) is 0 Å². The zero-order chi connectivity index (χ0) is 11.2. The lowest BCUT2D eigenvalue weighted by atomic mass is 10.0. The van der Waals surface area contributed by atoms with Crippen molar-refractivity contribution in [1.29, 1.82) is 0 Å². The van der Waals surface area contributed by atoms with Crippen LogP contribution in [0.2, 0.25) is 0 Å². The summed E-state index contributed by atoms with van der Waals surface area (Å²) in [5.41, 5.74) is 4.12. The standard InChI is InChI=1S/C9H20N2O3/c1-3-7(4-10)8(13)11-5-9(2,14)6-12/h7,12,14H,3-6,10H2,1-2H3,(H,11,13). The van der Waals surface area contributed by atoms with Gasteiger partial charge in [-0.3, -0.25) is 4.79 Å². The van der Waals surface area contributed by atoms with Gasteiger partial charge >= 0.3 is 0 Å². The molecule has 0 aliphatic carbocycles. The van der Waals surface area contributed by atoms with Crippen molar-refractivity contribution in [1.82, 2.24) is 5.32 Å². The first-order valence-corrected chi connectivity index (χ1v) is 4.78. The Hall–Kier alpha value is -0.650. The van der Waals surface area contributed by atoms with Crippen molar-refractivity contribution in [3.63, 3.8) is 0 Å². The summed E-state index contributed by atoms with van der Waals surface area (Å²) >= 11 is 0. The highest BCUT2D eigenvalue weighted by Gasteiger charge is 2.22. The van der Waals surface area contributed by atoms with E-state index in [0.29, 0.717) is 13.0 Å². The van der Waals surface area contributed by atoms with Gasteiger partial charge in [-0.15, -0.1) is 0 Å². The van der Waals surface area contributed by atoms with E-state index in [4.69, 9.17) is 10.8 Å². The minimum absolute atomic E-state index is 0.0405. The Morgan fingerprint density at radius 3 is 2.57 bits per heavy atom. The maximum absolute atomic E-state index is 11.4. The lowest BCUT2D eigenvalue weighted by molar-refractivity contribution is -0.126. The monoisotopic (exact) mass is 204 g/mol. The third kappa shape index (κ3) is 4.55. The molecule has 84 valence electrons. The number of aliphatic hydroxyl groups is 2. The first-order chi connectivity index (χ1) is 6.46. The summed E-state index contributed by atoms with van der Waals surface area (Å²) in [6.45, 7) is 3.28. The summed E-state index contributed by atoms with van der Waals surface area (Å²) < 4.78 is 0. The van der Waals surface area contributed by atoms with Crippen molar-refractivity contribution < 1.29 is 15.0 Å². The molecule has 5 nitrogen and oxygen atoms in total. The third-order valence-corrected chi connectivity index (χ3v) is 2.13. The molecule has 0 fully saturated rings. The summed E-state index contributed by atoms with van der Waals surface area (Å²) in [5, 5.41) is 20.7. The van der Waals surface area contributed by atoms with Crippen LogP contribution in [0, 0.1) is 5.92 Å². The number of hydrogen-bond donors (Lipinski definition) is 4. The van der Waals surface area contributed by atoms with E-state index in [9.17, 15) is 9.90 Å². The lowest BCUT2D eigenvalue weighted by Crippen LogP contribution is -2.46. The van der Waals surface area contributed by atoms with Crippen LogP contribution in [0.1, 0.15) is 20.3 Å². The molecule has 0 aromatic heterocycles. The molecule has 0 aromatic carbocycles. The highest BCUT2D eigenvalue weighted by Crippen LogP contribution is 2.02. The van der Waals surface area contributed by atoms with E-state index in [2.05, 4.69) is 5.32 Å². The fourth-order valence-corrected chi connectivity index (χ4v) is 0.937. The smallest absolute Gasteiger partial charge is 0.224 e. The summed E-state index contributed by atoms with van der Waals surface area (Å²) in [7, 11) is 0. The molecule has 5 heteroatoms. The second-order valence-electron chi connectivity index (χ2n) is 3.71. The zero-order valence-electron chi connectivity index (χ0n) is 8.79. The molecule has 1 amide bonds. The predicted octanol–water partition coefficient (Wildman–Crippen LogP) is -1.17. The molecule has 5 N–H and O–H groups in total. The molecule has 0 radical (unpaired) electrons. The second-order valence-corrected chi connectivity index (χ2v) is 3.71. The van der Waals surface area contributed by atoms with Crippen molar-refractivity contribution in [2.45, 2.75) is 25.9 Å². The molecule has 14 heavy (non-hydrogen) atoms. The molecular formula is C9H20N2O3. The van der Waals surface area contributed by atoms with Crippen molar-refractivity contribution >= 4 is 5.91 Å². The molecule has 0 aliphatic rings. The van der Waals surface area contributed by atoms with E-state index >= 15 is 0 Å². The Morgan fingerprint density at radius 1 is 1.64 bits per heavy atom. The number of nitrogens with one attached hydrogen (secondary N) is 1. The molecule has 0 saturated heterocycles. The normalized spacial score (nSPS) is 17.2. The summed E-state index contributed by atoms with van der Waals surface area (Å²) in [6, 6.07) is 0. The number of carbonyl (C=O) groups excluding carboxylic acids is 1. The fraction of sp³-hybridized carbons (Fsp3) is 0.889. The maximum Gasteiger partial charge on any atom is 0.224 e. The Bertz CT molecular complexity index is 179. The summed E-state index contributed by atoms with van der Waals surface area (Å²) in [6.07, 6.45) is 0.670. The van der Waals surface area contributed by atoms with Crippen molar-refractivity contribution in [2.24, 2.45) is 11.7 Å². The molecule has 2 unspecified atom stereocenters. The quantitative estimate of drug-likeness (QED) is 0.438. The van der Waals surface area contributed by atoms with Gasteiger partial charge in [0.25, 0.3) is 0 Å². The molecule has 0 saturated carbocycles. The van der Waals surface area contributed by atoms with Gasteiger partial charge in [0, 0.05) is 19.0 Å². The Labute approximate surface area is 84.3 Å². The van der Waals surface area contributed by atoms with Crippen LogP contribution in [0.25, 0.3) is 0 Å². The van der Waals surface area contributed by atoms with Gasteiger partial charge in [0.05, 0.1) is 6.61 Å². The average molecular weight is 204 g/mol. The molecule has 0 aliphatic heterocycles. The molecular weight excluding hydrogens is 184 g/mol. The third-order valence-electron chi connectivity index (χ3n) is 2.13. The maximum atomic E-state index is 11.4. The molecule has 2 atom stereocenters. The fourth-order valence-electron chi connectivity index (χ4n) is 0.937. The van der Waals surface area contributed by atoms with Gasteiger partial charge in [0.1, 0.15) is 5.60 Å². The number of nitrogens with two attached hydrogens (primary N) is 1. The minimum atomic E-state index is -1.26. The van der Waals surface area contributed by atoms with Crippen LogP contribution < -0.4 is 11.1 Å². The highest BCUT2D eigenvalue weighted by atomic mass is 16.3. The van der Waals surface area contributed by atoms with E-state index in [0.717, 1.165) is 0 Å².